The predicted molar refractivity (Wildman–Crippen MR) is 121 cm³/mol. The SMILES string of the molecule is O=C(c1nc2c(C(F)(F)F)cc(-c3ccoc3)cn2c1Cl)N1C2C=C(c3cscn3)CC1CC2. The average molecular weight is 505 g/mol. The maximum absolute atomic E-state index is 13.9. The number of rotatable bonds is 3. The van der Waals surface area contributed by atoms with Crippen molar-refractivity contribution in [1.82, 2.24) is 19.3 Å². The molecule has 6 heterocycles. The minimum Gasteiger partial charge on any atom is -0.472 e. The summed E-state index contributed by atoms with van der Waals surface area (Å²) in [5, 5.41) is 1.82. The van der Waals surface area contributed by atoms with Gasteiger partial charge in [-0.1, -0.05) is 17.7 Å². The van der Waals surface area contributed by atoms with Crippen molar-refractivity contribution < 1.29 is 22.4 Å². The van der Waals surface area contributed by atoms with E-state index in [1.807, 2.05) is 11.5 Å². The molecule has 174 valence electrons. The maximum Gasteiger partial charge on any atom is 0.420 e. The predicted octanol–water partition coefficient (Wildman–Crippen LogP) is 6.18. The zero-order chi connectivity index (χ0) is 23.6. The Morgan fingerprint density at radius 1 is 1.26 bits per heavy atom. The standard InChI is InChI=1S/C23H16ClF3N4O2S/c24-20-19(22(32)31-15-1-2-16(31)6-13(5-15)18-10-34-11-28-18)29-21-17(23(25,26)27)7-14(8-30(20)21)12-3-4-33-9-12/h3-5,7-11,15-16H,1-2,6H2. The number of halogens is 4. The number of aromatic nitrogens is 3. The van der Waals surface area contributed by atoms with Gasteiger partial charge in [-0.15, -0.1) is 11.3 Å². The number of pyridine rings is 1. The van der Waals surface area contributed by atoms with Crippen LogP contribution in [0.3, 0.4) is 0 Å². The van der Waals surface area contributed by atoms with E-state index in [1.54, 1.807) is 16.5 Å². The van der Waals surface area contributed by atoms with Crippen molar-refractivity contribution in [2.75, 3.05) is 0 Å². The first-order valence-corrected chi connectivity index (χ1v) is 11.9. The topological polar surface area (TPSA) is 63.6 Å². The van der Waals surface area contributed by atoms with E-state index in [0.717, 1.165) is 34.6 Å². The van der Waals surface area contributed by atoms with Crippen molar-refractivity contribution in [3.05, 3.63) is 69.9 Å². The molecule has 4 aromatic heterocycles. The van der Waals surface area contributed by atoms with Gasteiger partial charge in [0.2, 0.25) is 0 Å². The van der Waals surface area contributed by atoms with Crippen LogP contribution in [0.15, 0.2) is 52.2 Å². The number of alkyl halides is 3. The van der Waals surface area contributed by atoms with Crippen molar-refractivity contribution in [3.8, 4) is 11.1 Å². The molecule has 0 saturated carbocycles. The number of amides is 1. The van der Waals surface area contributed by atoms with E-state index in [1.165, 1.54) is 30.1 Å². The van der Waals surface area contributed by atoms with E-state index < -0.39 is 23.3 Å². The number of carbonyl (C=O) groups is 1. The first-order chi connectivity index (χ1) is 16.3. The number of imidazole rings is 1. The summed E-state index contributed by atoms with van der Waals surface area (Å²) in [7, 11) is 0. The zero-order valence-corrected chi connectivity index (χ0v) is 19.0. The van der Waals surface area contributed by atoms with Crippen LogP contribution in [-0.4, -0.2) is 37.3 Å². The van der Waals surface area contributed by atoms with Crippen LogP contribution in [0.5, 0.6) is 0 Å². The van der Waals surface area contributed by atoms with Crippen molar-refractivity contribution in [3.63, 3.8) is 0 Å². The van der Waals surface area contributed by atoms with Crippen LogP contribution in [0.25, 0.3) is 22.3 Å². The number of thiazole rings is 1. The lowest BCUT2D eigenvalue weighted by atomic mass is 9.99. The molecule has 6 nitrogen and oxygen atoms in total. The van der Waals surface area contributed by atoms with Gasteiger partial charge in [-0.05, 0) is 37.0 Å². The summed E-state index contributed by atoms with van der Waals surface area (Å²) in [5.41, 5.74) is 2.90. The highest BCUT2D eigenvalue weighted by atomic mass is 35.5. The van der Waals surface area contributed by atoms with Gasteiger partial charge in [0.25, 0.3) is 5.91 Å². The largest absolute Gasteiger partial charge is 0.472 e. The lowest BCUT2D eigenvalue weighted by Gasteiger charge is -2.33. The first-order valence-electron chi connectivity index (χ1n) is 10.5. The van der Waals surface area contributed by atoms with Crippen LogP contribution < -0.4 is 0 Å². The molecule has 0 spiro atoms. The molecule has 2 atom stereocenters. The van der Waals surface area contributed by atoms with E-state index >= 15 is 0 Å². The first kappa shape index (κ1) is 21.4. The van der Waals surface area contributed by atoms with Crippen LogP contribution in [-0.2, 0) is 6.18 Å². The second-order valence-corrected chi connectivity index (χ2v) is 9.45. The molecule has 6 rings (SSSR count). The van der Waals surface area contributed by atoms with Gasteiger partial charge in [0.1, 0.15) is 5.15 Å². The van der Waals surface area contributed by atoms with Gasteiger partial charge in [-0.2, -0.15) is 13.2 Å². The summed E-state index contributed by atoms with van der Waals surface area (Å²) >= 11 is 8.00. The van der Waals surface area contributed by atoms with E-state index in [0.29, 0.717) is 12.0 Å². The van der Waals surface area contributed by atoms with Crippen LogP contribution in [0.4, 0.5) is 13.2 Å². The molecule has 1 fully saturated rings. The zero-order valence-electron chi connectivity index (χ0n) is 17.4. The van der Waals surface area contributed by atoms with Gasteiger partial charge in [0.05, 0.1) is 35.3 Å². The summed E-state index contributed by atoms with van der Waals surface area (Å²) in [6.45, 7) is 0. The highest BCUT2D eigenvalue weighted by Gasteiger charge is 2.42. The van der Waals surface area contributed by atoms with Crippen LogP contribution >= 0.6 is 22.9 Å². The number of nitrogens with zero attached hydrogens (tertiary/aromatic N) is 4. The van der Waals surface area contributed by atoms with Crippen LogP contribution in [0.1, 0.15) is 41.0 Å². The highest BCUT2D eigenvalue weighted by molar-refractivity contribution is 7.07. The number of furan rings is 1. The summed E-state index contributed by atoms with van der Waals surface area (Å²) in [6.07, 6.45) is 3.69. The van der Waals surface area contributed by atoms with E-state index in [4.69, 9.17) is 16.0 Å². The minimum absolute atomic E-state index is 0.0799. The van der Waals surface area contributed by atoms with Crippen molar-refractivity contribution >= 4 is 40.1 Å². The molecule has 1 saturated heterocycles. The summed E-state index contributed by atoms with van der Waals surface area (Å²) < 4.78 is 47.9. The van der Waals surface area contributed by atoms with Gasteiger partial charge >= 0.3 is 6.18 Å². The number of hydrogen-bond donors (Lipinski definition) is 0. The fourth-order valence-electron chi connectivity index (χ4n) is 4.88. The van der Waals surface area contributed by atoms with Gasteiger partial charge in [0.15, 0.2) is 11.3 Å². The van der Waals surface area contributed by atoms with Crippen LogP contribution in [0.2, 0.25) is 5.15 Å². The summed E-state index contributed by atoms with van der Waals surface area (Å²) in [5.74, 6) is -0.465. The average Bonchev–Trinajstić information content (AvgIpc) is 3.59. The number of carbonyl (C=O) groups excluding carboxylic acids is 1. The van der Waals surface area contributed by atoms with Gasteiger partial charge in [0, 0.05) is 28.7 Å². The molecule has 4 aromatic rings. The van der Waals surface area contributed by atoms with Gasteiger partial charge in [-0.3, -0.25) is 9.20 Å². The fraction of sp³-hybridized carbons (Fsp3) is 0.261. The number of hydrogen-bond acceptors (Lipinski definition) is 5. The molecule has 0 aromatic carbocycles. The van der Waals surface area contributed by atoms with E-state index in [9.17, 15) is 18.0 Å². The van der Waals surface area contributed by atoms with Crippen LogP contribution in [0, 0.1) is 0 Å². The molecule has 2 aliphatic rings. The Labute approximate surface area is 200 Å². The lowest BCUT2D eigenvalue weighted by molar-refractivity contribution is -0.136. The third kappa shape index (κ3) is 3.35. The Balaban J connectivity index is 1.43. The Kier molecular flexibility index (Phi) is 4.86. The highest BCUT2D eigenvalue weighted by Crippen LogP contribution is 2.41. The molecule has 0 radical (unpaired) electrons. The Bertz CT molecular complexity index is 1430. The maximum atomic E-state index is 13.9. The molecule has 1 amide bonds. The van der Waals surface area contributed by atoms with Crippen molar-refractivity contribution in [2.24, 2.45) is 0 Å². The van der Waals surface area contributed by atoms with Crippen molar-refractivity contribution in [1.29, 1.82) is 0 Å². The summed E-state index contributed by atoms with van der Waals surface area (Å²) in [4.78, 5) is 23.7. The Morgan fingerprint density at radius 2 is 2.12 bits per heavy atom. The quantitative estimate of drug-likeness (QED) is 0.334. The molecule has 0 aliphatic carbocycles. The molecular weight excluding hydrogens is 489 g/mol. The Hall–Kier alpha value is -3.11. The Morgan fingerprint density at radius 3 is 2.79 bits per heavy atom. The van der Waals surface area contributed by atoms with Gasteiger partial charge in [-0.25, -0.2) is 9.97 Å². The van der Waals surface area contributed by atoms with Crippen molar-refractivity contribution in [2.45, 2.75) is 37.5 Å². The normalized spacial score (nSPS) is 20.2. The molecule has 34 heavy (non-hydrogen) atoms. The second-order valence-electron chi connectivity index (χ2n) is 8.38. The molecule has 11 heteroatoms. The molecule has 2 aliphatic heterocycles. The lowest BCUT2D eigenvalue weighted by Crippen LogP contribution is -2.43. The smallest absolute Gasteiger partial charge is 0.420 e. The van der Waals surface area contributed by atoms with Gasteiger partial charge < -0.3 is 9.32 Å². The molecular formula is C23H16ClF3N4O2S. The third-order valence-corrected chi connectivity index (χ3v) is 7.36. The minimum atomic E-state index is -4.69. The third-order valence-electron chi connectivity index (χ3n) is 6.42. The monoisotopic (exact) mass is 504 g/mol. The number of fused-ring (bicyclic) bond motifs is 3. The van der Waals surface area contributed by atoms with E-state index in [-0.39, 0.29) is 28.5 Å². The van der Waals surface area contributed by atoms with E-state index in [2.05, 4.69) is 9.97 Å². The second kappa shape index (κ2) is 7.71. The fourth-order valence-corrected chi connectivity index (χ4v) is 5.71. The molecule has 0 N–H and O–H groups in total. The summed E-state index contributed by atoms with van der Waals surface area (Å²) in [6, 6.07) is 2.29. The molecule has 2 bridgehead atoms. The molecule has 2 unspecified atom stereocenters.